The zero-order valence-corrected chi connectivity index (χ0v) is 14.6. The molecule has 3 rings (SSSR count). The second-order valence-corrected chi connectivity index (χ2v) is 6.02. The number of halogens is 1. The minimum absolute atomic E-state index is 0.247. The lowest BCUT2D eigenvalue weighted by Gasteiger charge is -2.08. The van der Waals surface area contributed by atoms with Crippen molar-refractivity contribution in [1.29, 1.82) is 0 Å². The molecular formula is C20H18ClNO3. The van der Waals surface area contributed by atoms with Crippen molar-refractivity contribution < 1.29 is 14.3 Å². The van der Waals surface area contributed by atoms with E-state index in [-0.39, 0.29) is 11.6 Å². The molecule has 0 bridgehead atoms. The zero-order valence-electron chi connectivity index (χ0n) is 13.9. The van der Waals surface area contributed by atoms with E-state index in [1.165, 1.54) is 0 Å². The number of cyclic esters (lactones) is 1. The van der Waals surface area contributed by atoms with Crippen molar-refractivity contribution in [3.63, 3.8) is 0 Å². The van der Waals surface area contributed by atoms with E-state index >= 15 is 0 Å². The molecule has 0 unspecified atom stereocenters. The Labute approximate surface area is 151 Å². The van der Waals surface area contributed by atoms with Crippen LogP contribution in [0.15, 0.2) is 59.2 Å². The van der Waals surface area contributed by atoms with Crippen LogP contribution in [0, 0.1) is 0 Å². The molecule has 0 spiro atoms. The third-order valence-electron chi connectivity index (χ3n) is 3.68. The van der Waals surface area contributed by atoms with Gasteiger partial charge in [-0.25, -0.2) is 9.79 Å². The standard InChI is InChI=1S/C20H18ClNO3/c1-2-3-12-24-18-7-5-4-6-15(18)13-17-20(23)25-19(22-17)14-8-10-16(21)11-9-14/h4-11,13H,2-3,12H2,1H3/b17-13+. The Hall–Kier alpha value is -2.59. The summed E-state index contributed by atoms with van der Waals surface area (Å²) in [7, 11) is 0. The molecule has 2 aromatic rings. The first-order chi connectivity index (χ1) is 12.2. The molecule has 0 N–H and O–H groups in total. The van der Waals surface area contributed by atoms with Gasteiger partial charge < -0.3 is 9.47 Å². The van der Waals surface area contributed by atoms with Crippen LogP contribution in [-0.4, -0.2) is 18.5 Å². The van der Waals surface area contributed by atoms with Crippen LogP contribution in [0.1, 0.15) is 30.9 Å². The van der Waals surface area contributed by atoms with Crippen molar-refractivity contribution in [3.05, 3.63) is 70.4 Å². The molecule has 0 atom stereocenters. The van der Waals surface area contributed by atoms with Crippen LogP contribution in [0.2, 0.25) is 5.02 Å². The first kappa shape index (κ1) is 17.2. The summed E-state index contributed by atoms with van der Waals surface area (Å²) in [6.07, 6.45) is 3.72. The lowest BCUT2D eigenvalue weighted by atomic mass is 10.1. The van der Waals surface area contributed by atoms with E-state index in [9.17, 15) is 4.79 Å². The maximum atomic E-state index is 12.1. The molecule has 1 aliphatic rings. The van der Waals surface area contributed by atoms with Crippen LogP contribution in [0.5, 0.6) is 5.75 Å². The number of esters is 1. The van der Waals surface area contributed by atoms with Crippen LogP contribution in [0.25, 0.3) is 6.08 Å². The molecular weight excluding hydrogens is 338 g/mol. The molecule has 25 heavy (non-hydrogen) atoms. The Morgan fingerprint density at radius 2 is 1.92 bits per heavy atom. The largest absolute Gasteiger partial charge is 0.493 e. The number of nitrogens with zero attached hydrogens (tertiary/aromatic N) is 1. The molecule has 0 amide bonds. The third kappa shape index (κ3) is 4.28. The van der Waals surface area contributed by atoms with Crippen LogP contribution < -0.4 is 4.74 Å². The summed E-state index contributed by atoms with van der Waals surface area (Å²) in [6, 6.07) is 14.5. The van der Waals surface area contributed by atoms with Gasteiger partial charge in [-0.05, 0) is 42.8 Å². The molecule has 0 saturated heterocycles. The summed E-state index contributed by atoms with van der Waals surface area (Å²) >= 11 is 5.88. The number of aliphatic imine (C=N–C) groups is 1. The minimum atomic E-state index is -0.478. The van der Waals surface area contributed by atoms with Gasteiger partial charge in [-0.15, -0.1) is 0 Å². The van der Waals surface area contributed by atoms with Gasteiger partial charge in [0.15, 0.2) is 5.70 Å². The van der Waals surface area contributed by atoms with Crippen LogP contribution in [-0.2, 0) is 9.53 Å². The lowest BCUT2D eigenvalue weighted by Crippen LogP contribution is -2.05. The second-order valence-electron chi connectivity index (χ2n) is 5.58. The van der Waals surface area contributed by atoms with Gasteiger partial charge in [0.1, 0.15) is 5.75 Å². The fourth-order valence-electron chi connectivity index (χ4n) is 2.33. The van der Waals surface area contributed by atoms with Gasteiger partial charge in [0.25, 0.3) is 0 Å². The number of hydrogen-bond donors (Lipinski definition) is 0. The van der Waals surface area contributed by atoms with Gasteiger partial charge in [-0.2, -0.15) is 0 Å². The first-order valence-corrected chi connectivity index (χ1v) is 8.55. The molecule has 0 saturated carbocycles. The number of benzene rings is 2. The highest BCUT2D eigenvalue weighted by atomic mass is 35.5. The maximum absolute atomic E-state index is 12.1. The van der Waals surface area contributed by atoms with E-state index in [1.54, 1.807) is 30.3 Å². The van der Waals surface area contributed by atoms with Crippen molar-refractivity contribution in [1.82, 2.24) is 0 Å². The highest BCUT2D eigenvalue weighted by molar-refractivity contribution is 6.30. The van der Waals surface area contributed by atoms with Gasteiger partial charge in [0, 0.05) is 16.1 Å². The van der Waals surface area contributed by atoms with Gasteiger partial charge in [0.05, 0.1) is 6.61 Å². The fraction of sp³-hybridized carbons (Fsp3) is 0.200. The number of carbonyl (C=O) groups is 1. The number of rotatable bonds is 6. The summed E-state index contributed by atoms with van der Waals surface area (Å²) in [6.45, 7) is 2.75. The van der Waals surface area contributed by atoms with Crippen molar-refractivity contribution in [2.75, 3.05) is 6.61 Å². The second kappa shape index (κ2) is 7.99. The number of para-hydroxylation sites is 1. The molecule has 0 aromatic heterocycles. The molecule has 0 fully saturated rings. The number of carbonyl (C=O) groups excluding carboxylic acids is 1. The van der Waals surface area contributed by atoms with Gasteiger partial charge in [-0.1, -0.05) is 43.1 Å². The Balaban J connectivity index is 1.86. The third-order valence-corrected chi connectivity index (χ3v) is 3.93. The van der Waals surface area contributed by atoms with E-state index < -0.39 is 5.97 Å². The van der Waals surface area contributed by atoms with Gasteiger partial charge in [0.2, 0.25) is 5.90 Å². The van der Waals surface area contributed by atoms with Crippen LogP contribution in [0.3, 0.4) is 0 Å². The molecule has 128 valence electrons. The number of unbranched alkanes of at least 4 members (excludes halogenated alkanes) is 1. The average Bonchev–Trinajstić information content (AvgIpc) is 2.98. The van der Waals surface area contributed by atoms with Crippen molar-refractivity contribution in [2.24, 2.45) is 4.99 Å². The zero-order chi connectivity index (χ0) is 17.6. The number of hydrogen-bond acceptors (Lipinski definition) is 4. The maximum Gasteiger partial charge on any atom is 0.363 e. The minimum Gasteiger partial charge on any atom is -0.493 e. The molecule has 0 aliphatic carbocycles. The highest BCUT2D eigenvalue weighted by Gasteiger charge is 2.24. The first-order valence-electron chi connectivity index (χ1n) is 8.17. The molecule has 4 nitrogen and oxygen atoms in total. The Morgan fingerprint density at radius 3 is 2.68 bits per heavy atom. The lowest BCUT2D eigenvalue weighted by molar-refractivity contribution is -0.129. The molecule has 2 aromatic carbocycles. The van der Waals surface area contributed by atoms with Crippen LogP contribution >= 0.6 is 11.6 Å². The fourth-order valence-corrected chi connectivity index (χ4v) is 2.46. The van der Waals surface area contributed by atoms with E-state index in [0.29, 0.717) is 17.2 Å². The Morgan fingerprint density at radius 1 is 1.16 bits per heavy atom. The molecule has 5 heteroatoms. The van der Waals surface area contributed by atoms with Gasteiger partial charge >= 0.3 is 5.97 Å². The summed E-state index contributed by atoms with van der Waals surface area (Å²) in [4.78, 5) is 16.4. The number of ether oxygens (including phenoxy) is 2. The summed E-state index contributed by atoms with van der Waals surface area (Å²) in [5.74, 6) is 0.525. The predicted molar refractivity (Wildman–Crippen MR) is 98.9 cm³/mol. The normalized spacial score (nSPS) is 15.2. The topological polar surface area (TPSA) is 47.9 Å². The molecule has 1 aliphatic heterocycles. The monoisotopic (exact) mass is 355 g/mol. The van der Waals surface area contributed by atoms with E-state index in [1.807, 2.05) is 24.3 Å². The smallest absolute Gasteiger partial charge is 0.363 e. The Kier molecular flexibility index (Phi) is 5.51. The quantitative estimate of drug-likeness (QED) is 0.422. The van der Waals surface area contributed by atoms with Crippen molar-refractivity contribution in [2.45, 2.75) is 19.8 Å². The molecule has 0 radical (unpaired) electrons. The summed E-state index contributed by atoms with van der Waals surface area (Å²) in [5.41, 5.74) is 1.75. The Bertz CT molecular complexity index is 825. The van der Waals surface area contributed by atoms with Crippen molar-refractivity contribution >= 4 is 29.5 Å². The SMILES string of the molecule is CCCCOc1ccccc1/C=C1/N=C(c2ccc(Cl)cc2)OC1=O. The highest BCUT2D eigenvalue weighted by Crippen LogP contribution is 2.25. The van der Waals surface area contributed by atoms with E-state index in [4.69, 9.17) is 21.1 Å². The average molecular weight is 356 g/mol. The summed E-state index contributed by atoms with van der Waals surface area (Å²) in [5, 5.41) is 0.614. The van der Waals surface area contributed by atoms with Crippen LogP contribution in [0.4, 0.5) is 0 Å². The van der Waals surface area contributed by atoms with E-state index in [0.717, 1.165) is 24.2 Å². The predicted octanol–water partition coefficient (Wildman–Crippen LogP) is 4.86. The van der Waals surface area contributed by atoms with Gasteiger partial charge in [-0.3, -0.25) is 0 Å². The summed E-state index contributed by atoms with van der Waals surface area (Å²) < 4.78 is 11.1. The van der Waals surface area contributed by atoms with Crippen molar-refractivity contribution in [3.8, 4) is 5.75 Å². The van der Waals surface area contributed by atoms with E-state index in [2.05, 4.69) is 11.9 Å². The molecule has 1 heterocycles.